The summed E-state index contributed by atoms with van der Waals surface area (Å²) in [5, 5.41) is 13.7. The first-order valence-corrected chi connectivity index (χ1v) is 10.9. The summed E-state index contributed by atoms with van der Waals surface area (Å²) in [4.78, 5) is 20.0. The second-order valence-electron chi connectivity index (χ2n) is 7.33. The lowest BCUT2D eigenvalue weighted by atomic mass is 10.1. The van der Waals surface area contributed by atoms with Crippen LogP contribution >= 0.6 is 11.5 Å². The molecule has 0 atom stereocenters. The fraction of sp³-hybridized carbons (Fsp3) is 0.364. The number of pyridine rings is 1. The van der Waals surface area contributed by atoms with Crippen molar-refractivity contribution in [1.82, 2.24) is 19.6 Å². The number of aldehydes is 1. The van der Waals surface area contributed by atoms with Gasteiger partial charge in [-0.25, -0.2) is 4.98 Å². The van der Waals surface area contributed by atoms with E-state index in [0.29, 0.717) is 17.7 Å². The summed E-state index contributed by atoms with van der Waals surface area (Å²) in [5.41, 5.74) is 1.77. The highest BCUT2D eigenvalue weighted by molar-refractivity contribution is 7.13. The minimum absolute atomic E-state index is 0.348. The lowest BCUT2D eigenvalue weighted by molar-refractivity contribution is 0.112. The molecule has 30 heavy (non-hydrogen) atoms. The van der Waals surface area contributed by atoms with Crippen LogP contribution in [0.2, 0.25) is 0 Å². The fourth-order valence-electron chi connectivity index (χ4n) is 3.76. The molecule has 0 saturated carbocycles. The number of carbonyl (C=O) groups excluding carboxylic acids is 1. The van der Waals surface area contributed by atoms with Crippen molar-refractivity contribution in [3.8, 4) is 6.07 Å². The Labute approximate surface area is 180 Å². The molecule has 0 aliphatic carbocycles. The third kappa shape index (κ3) is 4.65. The fourth-order valence-corrected chi connectivity index (χ4v) is 4.56. The van der Waals surface area contributed by atoms with Crippen LogP contribution < -0.4 is 10.2 Å². The second kappa shape index (κ2) is 9.76. The molecule has 1 saturated heterocycles. The van der Waals surface area contributed by atoms with Crippen LogP contribution in [-0.4, -0.2) is 66.4 Å². The topological polar surface area (TPSA) is 85.2 Å². The summed E-state index contributed by atoms with van der Waals surface area (Å²) in [6.45, 7) is 6.69. The molecule has 0 unspecified atom stereocenters. The van der Waals surface area contributed by atoms with Crippen LogP contribution in [0.5, 0.6) is 0 Å². The maximum absolute atomic E-state index is 11.1. The molecular formula is C22H24N6OS. The van der Waals surface area contributed by atoms with Crippen LogP contribution in [0.3, 0.4) is 0 Å². The van der Waals surface area contributed by atoms with Gasteiger partial charge in [0.15, 0.2) is 6.29 Å². The third-order valence-corrected chi connectivity index (χ3v) is 6.29. The maximum atomic E-state index is 11.1. The Balaban J connectivity index is 1.20. The number of hydrogen-bond acceptors (Lipinski definition) is 8. The van der Waals surface area contributed by atoms with E-state index in [9.17, 15) is 4.79 Å². The Morgan fingerprint density at radius 3 is 2.83 bits per heavy atom. The van der Waals surface area contributed by atoms with E-state index in [1.165, 1.54) is 16.3 Å². The number of anilines is 1. The largest absolute Gasteiger partial charge is 0.353 e. The zero-order valence-corrected chi connectivity index (χ0v) is 17.6. The lowest BCUT2D eigenvalue weighted by Crippen LogP contribution is -2.48. The summed E-state index contributed by atoms with van der Waals surface area (Å²) in [7, 11) is 0. The van der Waals surface area contributed by atoms with Crippen LogP contribution in [0, 0.1) is 11.3 Å². The van der Waals surface area contributed by atoms with Gasteiger partial charge >= 0.3 is 0 Å². The quantitative estimate of drug-likeness (QED) is 0.442. The van der Waals surface area contributed by atoms with E-state index >= 15 is 0 Å². The van der Waals surface area contributed by atoms with Crippen molar-refractivity contribution in [3.05, 3.63) is 53.3 Å². The van der Waals surface area contributed by atoms with Crippen molar-refractivity contribution in [3.63, 3.8) is 0 Å². The predicted molar refractivity (Wildman–Crippen MR) is 119 cm³/mol. The highest BCUT2D eigenvalue weighted by Gasteiger charge is 2.20. The molecule has 1 N–H and O–H groups in total. The van der Waals surface area contributed by atoms with E-state index < -0.39 is 0 Å². The van der Waals surface area contributed by atoms with Crippen LogP contribution in [0.4, 0.5) is 5.82 Å². The molecule has 154 valence electrons. The first kappa shape index (κ1) is 20.4. The SMILES string of the molecule is N#Cc1cc(CCNCCN2CCN(c3nsc4ccccc34)CC2)c(C=O)cn1. The van der Waals surface area contributed by atoms with Crippen molar-refractivity contribution in [1.29, 1.82) is 5.26 Å². The normalized spacial score (nSPS) is 14.7. The minimum Gasteiger partial charge on any atom is -0.353 e. The number of piperazine rings is 1. The summed E-state index contributed by atoms with van der Waals surface area (Å²) in [6.07, 6.45) is 2.98. The maximum Gasteiger partial charge on any atom is 0.151 e. The monoisotopic (exact) mass is 420 g/mol. The average molecular weight is 421 g/mol. The summed E-state index contributed by atoms with van der Waals surface area (Å²) in [6, 6.07) is 12.1. The van der Waals surface area contributed by atoms with Crippen molar-refractivity contribution in [2.24, 2.45) is 0 Å². The number of carbonyl (C=O) groups is 1. The molecule has 7 nitrogen and oxygen atoms in total. The van der Waals surface area contributed by atoms with E-state index in [-0.39, 0.29) is 0 Å². The standard InChI is InChI=1S/C22H24N6OS/c23-14-19-13-17(18(16-29)15-25-19)5-6-24-7-8-27-9-11-28(12-10-27)22-20-3-1-2-4-21(20)30-26-22/h1-4,13,15-16,24H,5-12H2. The summed E-state index contributed by atoms with van der Waals surface area (Å²) >= 11 is 1.57. The third-order valence-electron chi connectivity index (χ3n) is 5.47. The lowest BCUT2D eigenvalue weighted by Gasteiger charge is -2.35. The molecule has 1 aromatic carbocycles. The molecule has 0 radical (unpaired) electrons. The van der Waals surface area contributed by atoms with Crippen molar-refractivity contribution in [2.75, 3.05) is 50.7 Å². The summed E-state index contributed by atoms with van der Waals surface area (Å²) in [5.74, 6) is 1.12. The van der Waals surface area contributed by atoms with Gasteiger partial charge in [0.05, 0.1) is 4.70 Å². The number of fused-ring (bicyclic) bond motifs is 1. The van der Waals surface area contributed by atoms with Crippen molar-refractivity contribution >= 4 is 33.7 Å². The first-order valence-electron chi connectivity index (χ1n) is 10.1. The van der Waals surface area contributed by atoms with Gasteiger partial charge in [0.1, 0.15) is 17.6 Å². The van der Waals surface area contributed by atoms with Gasteiger partial charge < -0.3 is 10.2 Å². The number of nitriles is 1. The highest BCUT2D eigenvalue weighted by Crippen LogP contribution is 2.29. The zero-order chi connectivity index (χ0) is 20.8. The molecule has 2 aromatic heterocycles. The number of nitrogens with zero attached hydrogens (tertiary/aromatic N) is 5. The molecule has 3 heterocycles. The Bertz CT molecular complexity index is 1050. The van der Waals surface area contributed by atoms with Gasteiger partial charge in [-0.3, -0.25) is 9.69 Å². The van der Waals surface area contributed by atoms with Gasteiger partial charge in [0.25, 0.3) is 0 Å². The number of nitrogens with one attached hydrogen (secondary N) is 1. The number of hydrogen-bond donors (Lipinski definition) is 1. The number of aromatic nitrogens is 2. The van der Waals surface area contributed by atoms with Crippen LogP contribution in [0.25, 0.3) is 10.1 Å². The van der Waals surface area contributed by atoms with Crippen LogP contribution in [0.15, 0.2) is 36.5 Å². The van der Waals surface area contributed by atoms with E-state index in [2.05, 4.69) is 48.7 Å². The second-order valence-corrected chi connectivity index (χ2v) is 8.13. The van der Waals surface area contributed by atoms with E-state index in [1.807, 2.05) is 6.07 Å². The van der Waals surface area contributed by atoms with E-state index in [0.717, 1.165) is 63.5 Å². The zero-order valence-electron chi connectivity index (χ0n) is 16.8. The predicted octanol–water partition coefficient (Wildman–Crippen LogP) is 2.33. The molecule has 0 bridgehead atoms. The molecule has 0 spiro atoms. The Morgan fingerprint density at radius 1 is 1.20 bits per heavy atom. The van der Waals surface area contributed by atoms with Crippen molar-refractivity contribution in [2.45, 2.75) is 6.42 Å². The van der Waals surface area contributed by atoms with E-state index in [4.69, 9.17) is 5.26 Å². The molecule has 4 rings (SSSR count). The van der Waals surface area contributed by atoms with Crippen molar-refractivity contribution < 1.29 is 4.79 Å². The molecule has 1 aliphatic heterocycles. The Morgan fingerprint density at radius 2 is 2.03 bits per heavy atom. The number of benzene rings is 1. The van der Waals surface area contributed by atoms with Gasteiger partial charge in [-0.2, -0.15) is 9.64 Å². The highest BCUT2D eigenvalue weighted by atomic mass is 32.1. The van der Waals surface area contributed by atoms with Gasteiger partial charge in [-0.1, -0.05) is 12.1 Å². The van der Waals surface area contributed by atoms with Crippen LogP contribution in [0.1, 0.15) is 21.6 Å². The molecular weight excluding hydrogens is 396 g/mol. The van der Waals surface area contributed by atoms with Crippen LogP contribution in [-0.2, 0) is 6.42 Å². The molecule has 3 aromatic rings. The molecule has 8 heteroatoms. The van der Waals surface area contributed by atoms with E-state index in [1.54, 1.807) is 17.6 Å². The molecule has 0 amide bonds. The minimum atomic E-state index is 0.348. The van der Waals surface area contributed by atoms with Gasteiger partial charge in [0.2, 0.25) is 0 Å². The van der Waals surface area contributed by atoms with Gasteiger partial charge in [0, 0.05) is 56.4 Å². The molecule has 1 fully saturated rings. The van der Waals surface area contributed by atoms with Gasteiger partial charge in [-0.05, 0) is 48.3 Å². The molecule has 1 aliphatic rings. The first-order chi connectivity index (χ1) is 14.8. The Hall–Kier alpha value is -2.86. The Kier molecular flexibility index (Phi) is 6.64. The van der Waals surface area contributed by atoms with Gasteiger partial charge in [-0.15, -0.1) is 0 Å². The smallest absolute Gasteiger partial charge is 0.151 e. The number of rotatable bonds is 8. The summed E-state index contributed by atoms with van der Waals surface area (Å²) < 4.78 is 5.92. The average Bonchev–Trinajstić information content (AvgIpc) is 3.23.